The van der Waals surface area contributed by atoms with Crippen molar-refractivity contribution < 1.29 is 9.52 Å². The molecule has 0 aliphatic rings. The number of H-pyrrole nitrogens is 1. The van der Waals surface area contributed by atoms with Crippen molar-refractivity contribution in [3.63, 3.8) is 0 Å². The predicted octanol–water partition coefficient (Wildman–Crippen LogP) is 3.06. The number of aromatic nitrogens is 1. The Morgan fingerprint density at radius 2 is 2.11 bits per heavy atom. The summed E-state index contributed by atoms with van der Waals surface area (Å²) < 4.78 is 5.29. The molecular formula is C15H13NO3. The summed E-state index contributed by atoms with van der Waals surface area (Å²) in [5, 5.41) is 10.8. The van der Waals surface area contributed by atoms with Gasteiger partial charge in [-0.25, -0.2) is 0 Å². The van der Waals surface area contributed by atoms with Crippen LogP contribution in [0.1, 0.15) is 12.5 Å². The van der Waals surface area contributed by atoms with Crippen molar-refractivity contribution in [1.29, 1.82) is 0 Å². The van der Waals surface area contributed by atoms with Gasteiger partial charge >= 0.3 is 0 Å². The van der Waals surface area contributed by atoms with Gasteiger partial charge in [-0.15, -0.1) is 0 Å². The highest BCUT2D eigenvalue weighted by Crippen LogP contribution is 2.29. The standard InChI is InChI=1S/C15H13NO3/c1-2-11-12(17)8-14(18)16-15(11)10-3-4-13-9(7-10)5-6-19-13/h3-8H,2H2,1H3,(H2,16,17,18). The van der Waals surface area contributed by atoms with E-state index in [1.54, 1.807) is 6.26 Å². The van der Waals surface area contributed by atoms with Crippen LogP contribution in [0.5, 0.6) is 5.75 Å². The van der Waals surface area contributed by atoms with Crippen molar-refractivity contribution in [1.82, 2.24) is 4.98 Å². The number of aromatic amines is 1. The molecular weight excluding hydrogens is 242 g/mol. The van der Waals surface area contributed by atoms with Gasteiger partial charge in [-0.3, -0.25) is 4.79 Å². The van der Waals surface area contributed by atoms with E-state index in [1.807, 2.05) is 31.2 Å². The number of aromatic hydroxyl groups is 1. The molecule has 0 atom stereocenters. The van der Waals surface area contributed by atoms with E-state index in [4.69, 9.17) is 4.42 Å². The Balaban J connectivity index is 2.27. The van der Waals surface area contributed by atoms with Gasteiger partial charge in [-0.1, -0.05) is 6.92 Å². The molecule has 2 heterocycles. The fourth-order valence-electron chi connectivity index (χ4n) is 2.30. The van der Waals surface area contributed by atoms with Gasteiger partial charge in [-0.05, 0) is 36.2 Å². The Hall–Kier alpha value is -2.49. The van der Waals surface area contributed by atoms with Crippen molar-refractivity contribution >= 4 is 11.0 Å². The summed E-state index contributed by atoms with van der Waals surface area (Å²) in [6, 6.07) is 8.73. The third-order valence-electron chi connectivity index (χ3n) is 3.22. The third kappa shape index (κ3) is 1.91. The van der Waals surface area contributed by atoms with E-state index in [2.05, 4.69) is 4.98 Å². The lowest BCUT2D eigenvalue weighted by molar-refractivity contribution is 0.467. The van der Waals surface area contributed by atoms with Crippen LogP contribution in [0.3, 0.4) is 0 Å². The van der Waals surface area contributed by atoms with Crippen molar-refractivity contribution in [2.75, 3.05) is 0 Å². The summed E-state index contributed by atoms with van der Waals surface area (Å²) >= 11 is 0. The Morgan fingerprint density at radius 1 is 1.26 bits per heavy atom. The van der Waals surface area contributed by atoms with Gasteiger partial charge in [0.15, 0.2) is 0 Å². The number of hydrogen-bond donors (Lipinski definition) is 2. The first kappa shape index (κ1) is 11.6. The quantitative estimate of drug-likeness (QED) is 0.739. The van der Waals surface area contributed by atoms with E-state index in [9.17, 15) is 9.90 Å². The van der Waals surface area contributed by atoms with E-state index >= 15 is 0 Å². The topological polar surface area (TPSA) is 66.2 Å². The van der Waals surface area contributed by atoms with E-state index in [0.29, 0.717) is 12.1 Å². The molecule has 0 spiro atoms. The minimum absolute atomic E-state index is 0.0357. The number of furan rings is 1. The molecule has 4 nitrogen and oxygen atoms in total. The molecule has 0 aliphatic heterocycles. The Kier molecular flexibility index (Phi) is 2.63. The second kappa shape index (κ2) is 4.31. The molecule has 0 fully saturated rings. The van der Waals surface area contributed by atoms with Crippen LogP contribution in [-0.2, 0) is 6.42 Å². The van der Waals surface area contributed by atoms with E-state index < -0.39 is 0 Å². The summed E-state index contributed by atoms with van der Waals surface area (Å²) in [7, 11) is 0. The van der Waals surface area contributed by atoms with Gasteiger partial charge in [-0.2, -0.15) is 0 Å². The van der Waals surface area contributed by atoms with Crippen LogP contribution in [0.4, 0.5) is 0 Å². The molecule has 0 aliphatic carbocycles. The number of pyridine rings is 1. The van der Waals surface area contributed by atoms with Crippen LogP contribution in [-0.4, -0.2) is 10.1 Å². The molecule has 19 heavy (non-hydrogen) atoms. The van der Waals surface area contributed by atoms with Crippen molar-refractivity contribution in [2.45, 2.75) is 13.3 Å². The fraction of sp³-hybridized carbons (Fsp3) is 0.133. The minimum atomic E-state index is -0.308. The largest absolute Gasteiger partial charge is 0.507 e. The second-order valence-corrected chi connectivity index (χ2v) is 4.40. The lowest BCUT2D eigenvalue weighted by Crippen LogP contribution is -2.07. The van der Waals surface area contributed by atoms with Crippen LogP contribution in [0, 0.1) is 0 Å². The monoisotopic (exact) mass is 255 g/mol. The molecule has 0 saturated carbocycles. The fourth-order valence-corrected chi connectivity index (χ4v) is 2.30. The number of benzene rings is 1. The highest BCUT2D eigenvalue weighted by molar-refractivity contribution is 5.83. The zero-order chi connectivity index (χ0) is 13.4. The normalized spacial score (nSPS) is 11.0. The maximum atomic E-state index is 11.5. The molecule has 0 radical (unpaired) electrons. The number of rotatable bonds is 2. The van der Waals surface area contributed by atoms with Crippen LogP contribution in [0.2, 0.25) is 0 Å². The highest BCUT2D eigenvalue weighted by atomic mass is 16.3. The summed E-state index contributed by atoms with van der Waals surface area (Å²) in [5.41, 5.74) is 2.75. The molecule has 2 aromatic heterocycles. The SMILES string of the molecule is CCc1c(O)cc(=O)[nH]c1-c1ccc2occc2c1. The van der Waals surface area contributed by atoms with Gasteiger partial charge in [0.1, 0.15) is 11.3 Å². The summed E-state index contributed by atoms with van der Waals surface area (Å²) in [6.45, 7) is 1.94. The third-order valence-corrected chi connectivity index (χ3v) is 3.22. The summed E-state index contributed by atoms with van der Waals surface area (Å²) in [4.78, 5) is 14.3. The Morgan fingerprint density at radius 3 is 2.89 bits per heavy atom. The van der Waals surface area contributed by atoms with Gasteiger partial charge < -0.3 is 14.5 Å². The van der Waals surface area contributed by atoms with Gasteiger partial charge in [0.25, 0.3) is 5.56 Å². The molecule has 3 aromatic rings. The minimum Gasteiger partial charge on any atom is -0.507 e. The van der Waals surface area contributed by atoms with E-state index in [-0.39, 0.29) is 11.3 Å². The van der Waals surface area contributed by atoms with E-state index in [0.717, 1.165) is 22.1 Å². The maximum absolute atomic E-state index is 11.5. The summed E-state index contributed by atoms with van der Waals surface area (Å²) in [5.74, 6) is 0.0357. The molecule has 0 bridgehead atoms. The van der Waals surface area contributed by atoms with Crippen LogP contribution >= 0.6 is 0 Å². The first-order chi connectivity index (χ1) is 9.19. The second-order valence-electron chi connectivity index (χ2n) is 4.40. The highest BCUT2D eigenvalue weighted by Gasteiger charge is 2.11. The van der Waals surface area contributed by atoms with Gasteiger partial charge in [0.05, 0.1) is 12.0 Å². The average Bonchev–Trinajstić information content (AvgIpc) is 2.85. The van der Waals surface area contributed by atoms with Gasteiger partial charge in [0.2, 0.25) is 0 Å². The first-order valence-corrected chi connectivity index (χ1v) is 6.12. The smallest absolute Gasteiger partial charge is 0.252 e. The van der Waals surface area contributed by atoms with Crippen molar-refractivity contribution in [3.8, 4) is 17.0 Å². The zero-order valence-electron chi connectivity index (χ0n) is 10.4. The predicted molar refractivity (Wildman–Crippen MR) is 73.3 cm³/mol. The first-order valence-electron chi connectivity index (χ1n) is 6.12. The molecule has 4 heteroatoms. The van der Waals surface area contributed by atoms with Crippen molar-refractivity contribution in [2.24, 2.45) is 0 Å². The molecule has 2 N–H and O–H groups in total. The molecule has 0 saturated heterocycles. The van der Waals surface area contributed by atoms with Crippen LogP contribution in [0.25, 0.3) is 22.2 Å². The number of fused-ring (bicyclic) bond motifs is 1. The van der Waals surface area contributed by atoms with Crippen molar-refractivity contribution in [3.05, 3.63) is 52.5 Å². The van der Waals surface area contributed by atoms with Crippen LogP contribution in [0.15, 0.2) is 45.8 Å². The van der Waals surface area contributed by atoms with Crippen LogP contribution < -0.4 is 5.56 Å². The molecule has 0 unspecified atom stereocenters. The van der Waals surface area contributed by atoms with Gasteiger partial charge in [0, 0.05) is 17.0 Å². The maximum Gasteiger partial charge on any atom is 0.252 e. The molecule has 3 rings (SSSR count). The number of nitrogens with one attached hydrogen (secondary N) is 1. The van der Waals surface area contributed by atoms with E-state index in [1.165, 1.54) is 6.07 Å². The molecule has 1 aromatic carbocycles. The molecule has 96 valence electrons. The zero-order valence-corrected chi connectivity index (χ0v) is 10.4. The lowest BCUT2D eigenvalue weighted by atomic mass is 10.0. The lowest BCUT2D eigenvalue weighted by Gasteiger charge is -2.09. The Labute approximate surface area is 109 Å². The average molecular weight is 255 g/mol. The molecule has 0 amide bonds. The Bertz CT molecular complexity index is 799. The number of hydrogen-bond acceptors (Lipinski definition) is 3. The summed E-state index contributed by atoms with van der Waals surface area (Å²) in [6.07, 6.45) is 2.27.